The number of aryl methyl sites for hydroxylation is 1. The van der Waals surface area contributed by atoms with Gasteiger partial charge in [0.15, 0.2) is 23.1 Å². The number of ether oxygens (including phenoxy) is 2. The molecule has 0 unspecified atom stereocenters. The van der Waals surface area contributed by atoms with Crippen molar-refractivity contribution < 1.29 is 35.8 Å². The van der Waals surface area contributed by atoms with Crippen LogP contribution >= 0.6 is 0 Å². The molecule has 0 saturated heterocycles. The number of rotatable bonds is 10. The third-order valence-corrected chi connectivity index (χ3v) is 6.43. The van der Waals surface area contributed by atoms with Crippen LogP contribution in [0.4, 0.5) is 26.3 Å². The average Bonchev–Trinajstić information content (AvgIpc) is 2.81. The first kappa shape index (κ1) is 26.2. The van der Waals surface area contributed by atoms with Crippen LogP contribution in [-0.4, -0.2) is 12.7 Å². The Morgan fingerprint density at radius 3 is 2.12 bits per heavy atom. The van der Waals surface area contributed by atoms with Crippen molar-refractivity contribution in [3.63, 3.8) is 0 Å². The van der Waals surface area contributed by atoms with E-state index in [1.165, 1.54) is 6.07 Å². The number of benzene rings is 2. The molecule has 1 fully saturated rings. The molecule has 0 bridgehead atoms. The third kappa shape index (κ3) is 6.19. The molecule has 0 aliphatic heterocycles. The Bertz CT molecular complexity index is 970. The molecule has 188 valence electrons. The summed E-state index contributed by atoms with van der Waals surface area (Å²) in [5.41, 5.74) is -0.125. The van der Waals surface area contributed by atoms with Crippen molar-refractivity contribution in [1.29, 1.82) is 0 Å². The molecular formula is C26H30F6O2. The lowest BCUT2D eigenvalue weighted by Gasteiger charge is -2.29. The molecule has 2 aromatic rings. The molecule has 1 aliphatic rings. The highest BCUT2D eigenvalue weighted by Gasteiger charge is 2.34. The van der Waals surface area contributed by atoms with Gasteiger partial charge in [-0.2, -0.15) is 17.6 Å². The number of alkyl halides is 2. The molecule has 3 rings (SSSR count). The molecule has 0 heterocycles. The molecule has 2 nitrogen and oxygen atoms in total. The fraction of sp³-hybridized carbons (Fsp3) is 0.538. The van der Waals surface area contributed by atoms with E-state index in [0.29, 0.717) is 5.92 Å². The number of halogens is 6. The number of hydrogen-bond acceptors (Lipinski definition) is 2. The second-order valence-corrected chi connectivity index (χ2v) is 8.81. The van der Waals surface area contributed by atoms with E-state index in [0.717, 1.165) is 56.7 Å². The Labute approximate surface area is 196 Å². The van der Waals surface area contributed by atoms with Gasteiger partial charge in [0.05, 0.1) is 13.0 Å². The second kappa shape index (κ2) is 11.4. The SMILES string of the molecule is CCCC1CCC(c2ccc(OC(F)(F)CCc3ccc(OCC)c(F)c3F)c(F)c2F)CC1. The Morgan fingerprint density at radius 1 is 0.824 bits per heavy atom. The zero-order chi connectivity index (χ0) is 24.9. The molecule has 8 heteroatoms. The van der Waals surface area contributed by atoms with Crippen molar-refractivity contribution in [2.24, 2.45) is 5.92 Å². The quantitative estimate of drug-likeness (QED) is 0.313. The zero-order valence-electron chi connectivity index (χ0n) is 19.4. The highest BCUT2D eigenvalue weighted by Crippen LogP contribution is 2.40. The smallest absolute Gasteiger partial charge is 0.398 e. The van der Waals surface area contributed by atoms with Gasteiger partial charge in [0.1, 0.15) is 0 Å². The highest BCUT2D eigenvalue weighted by atomic mass is 19.3. The summed E-state index contributed by atoms with van der Waals surface area (Å²) in [6, 6.07) is 4.61. The average molecular weight is 489 g/mol. The molecule has 1 saturated carbocycles. The van der Waals surface area contributed by atoms with Gasteiger partial charge in [0.2, 0.25) is 11.6 Å². The van der Waals surface area contributed by atoms with Crippen molar-refractivity contribution in [1.82, 2.24) is 0 Å². The fourth-order valence-electron chi connectivity index (χ4n) is 4.64. The summed E-state index contributed by atoms with van der Waals surface area (Å²) in [4.78, 5) is 0. The minimum absolute atomic E-state index is 0.114. The van der Waals surface area contributed by atoms with Gasteiger partial charge in [-0.05, 0) is 74.1 Å². The van der Waals surface area contributed by atoms with E-state index in [9.17, 15) is 26.3 Å². The van der Waals surface area contributed by atoms with Crippen LogP contribution in [0, 0.1) is 29.2 Å². The molecule has 0 N–H and O–H groups in total. The van der Waals surface area contributed by atoms with E-state index in [-0.39, 0.29) is 29.4 Å². The third-order valence-electron chi connectivity index (χ3n) is 6.43. The van der Waals surface area contributed by atoms with E-state index < -0.39 is 48.0 Å². The van der Waals surface area contributed by atoms with Crippen LogP contribution in [0.2, 0.25) is 0 Å². The van der Waals surface area contributed by atoms with E-state index in [4.69, 9.17) is 4.74 Å². The van der Waals surface area contributed by atoms with E-state index >= 15 is 0 Å². The topological polar surface area (TPSA) is 18.5 Å². The van der Waals surface area contributed by atoms with Gasteiger partial charge >= 0.3 is 6.11 Å². The molecule has 34 heavy (non-hydrogen) atoms. The van der Waals surface area contributed by atoms with Crippen LogP contribution in [-0.2, 0) is 6.42 Å². The predicted molar refractivity (Wildman–Crippen MR) is 117 cm³/mol. The van der Waals surface area contributed by atoms with E-state index in [1.807, 2.05) is 0 Å². The van der Waals surface area contributed by atoms with Crippen molar-refractivity contribution >= 4 is 0 Å². The van der Waals surface area contributed by atoms with E-state index in [1.54, 1.807) is 6.92 Å². The lowest BCUT2D eigenvalue weighted by molar-refractivity contribution is -0.181. The van der Waals surface area contributed by atoms with E-state index in [2.05, 4.69) is 11.7 Å². The summed E-state index contributed by atoms with van der Waals surface area (Å²) in [6.07, 6.45) is -0.0564. The fourth-order valence-corrected chi connectivity index (χ4v) is 4.64. The van der Waals surface area contributed by atoms with Crippen LogP contribution in [0.3, 0.4) is 0 Å². The first-order chi connectivity index (χ1) is 16.2. The van der Waals surface area contributed by atoms with Gasteiger partial charge in [-0.1, -0.05) is 31.9 Å². The molecule has 2 aromatic carbocycles. The summed E-state index contributed by atoms with van der Waals surface area (Å²) in [5.74, 6) is -6.00. The van der Waals surface area contributed by atoms with Crippen LogP contribution < -0.4 is 9.47 Å². The largest absolute Gasteiger partial charge is 0.491 e. The van der Waals surface area contributed by atoms with Crippen LogP contribution in [0.5, 0.6) is 11.5 Å². The Balaban J connectivity index is 1.65. The van der Waals surface area contributed by atoms with Gasteiger partial charge in [0.25, 0.3) is 0 Å². The minimum atomic E-state index is -3.92. The highest BCUT2D eigenvalue weighted by molar-refractivity contribution is 5.34. The first-order valence-corrected chi connectivity index (χ1v) is 11.8. The molecule has 0 radical (unpaired) electrons. The Kier molecular flexibility index (Phi) is 8.77. The van der Waals surface area contributed by atoms with Gasteiger partial charge in [-0.3, -0.25) is 0 Å². The maximum atomic E-state index is 14.7. The predicted octanol–water partition coefficient (Wildman–Crippen LogP) is 8.32. The van der Waals surface area contributed by atoms with Crippen LogP contribution in [0.15, 0.2) is 24.3 Å². The first-order valence-electron chi connectivity index (χ1n) is 11.8. The molecular weight excluding hydrogens is 458 g/mol. The van der Waals surface area contributed by atoms with Gasteiger partial charge in [-0.25, -0.2) is 8.78 Å². The Hall–Kier alpha value is -2.38. The van der Waals surface area contributed by atoms with Gasteiger partial charge in [0, 0.05) is 0 Å². The molecule has 0 spiro atoms. The van der Waals surface area contributed by atoms with Crippen LogP contribution in [0.1, 0.15) is 75.8 Å². The lowest BCUT2D eigenvalue weighted by Crippen LogP contribution is -2.26. The lowest BCUT2D eigenvalue weighted by atomic mass is 9.77. The molecule has 0 atom stereocenters. The van der Waals surface area contributed by atoms with Crippen molar-refractivity contribution in [3.8, 4) is 11.5 Å². The zero-order valence-corrected chi connectivity index (χ0v) is 19.4. The maximum Gasteiger partial charge on any atom is 0.398 e. The van der Waals surface area contributed by atoms with Gasteiger partial charge < -0.3 is 9.47 Å². The summed E-state index contributed by atoms with van der Waals surface area (Å²) in [6.45, 7) is 3.82. The van der Waals surface area contributed by atoms with Crippen molar-refractivity contribution in [3.05, 3.63) is 58.7 Å². The van der Waals surface area contributed by atoms with Crippen LogP contribution in [0.25, 0.3) is 0 Å². The summed E-state index contributed by atoms with van der Waals surface area (Å²) in [5, 5.41) is 0. The summed E-state index contributed by atoms with van der Waals surface area (Å²) in [7, 11) is 0. The maximum absolute atomic E-state index is 14.7. The van der Waals surface area contributed by atoms with Crippen molar-refractivity contribution in [2.45, 2.75) is 77.2 Å². The number of hydrogen-bond donors (Lipinski definition) is 0. The molecule has 0 amide bonds. The van der Waals surface area contributed by atoms with Gasteiger partial charge in [-0.15, -0.1) is 0 Å². The summed E-state index contributed by atoms with van der Waals surface area (Å²) < 4.78 is 95.5. The Morgan fingerprint density at radius 2 is 1.47 bits per heavy atom. The monoisotopic (exact) mass is 488 g/mol. The van der Waals surface area contributed by atoms with Crippen molar-refractivity contribution in [2.75, 3.05) is 6.61 Å². The second-order valence-electron chi connectivity index (χ2n) is 8.81. The molecule has 0 aromatic heterocycles. The summed E-state index contributed by atoms with van der Waals surface area (Å²) >= 11 is 0. The molecule has 1 aliphatic carbocycles. The minimum Gasteiger partial charge on any atom is -0.491 e. The normalized spacial score (nSPS) is 18.7. The standard InChI is InChI=1S/C26H30F6O2/c1-3-5-16-6-8-17(9-7-16)19-11-13-21(25(30)23(19)28)34-26(31,32)15-14-18-10-12-20(33-4-2)24(29)22(18)27/h10-13,16-17H,3-9,14-15H2,1-2H3.